The van der Waals surface area contributed by atoms with E-state index in [2.05, 4.69) is 10.1 Å². The molecule has 0 spiro atoms. The molecule has 1 aromatic heterocycles. The second kappa shape index (κ2) is 5.80. The smallest absolute Gasteiger partial charge is 0.374 e. The minimum Gasteiger partial charge on any atom is -0.463 e. The molecule has 5 heteroatoms. The second-order valence-electron chi connectivity index (χ2n) is 4.08. The van der Waals surface area contributed by atoms with E-state index in [1.807, 2.05) is 25.1 Å². The van der Waals surface area contributed by atoms with Gasteiger partial charge in [0.2, 0.25) is 5.76 Å². The monoisotopic (exact) mass is 279 g/mol. The predicted molar refractivity (Wildman–Crippen MR) is 73.6 cm³/mol. The van der Waals surface area contributed by atoms with Gasteiger partial charge in [0.15, 0.2) is 0 Å². The van der Waals surface area contributed by atoms with Gasteiger partial charge in [0, 0.05) is 22.8 Å². The van der Waals surface area contributed by atoms with Crippen molar-refractivity contribution in [1.29, 1.82) is 0 Å². The molecule has 2 aromatic rings. The Bertz CT molecular complexity index is 592. The number of methoxy groups -OCH3 is 1. The summed E-state index contributed by atoms with van der Waals surface area (Å²) in [6.45, 7) is 2.44. The van der Waals surface area contributed by atoms with Crippen LogP contribution in [0.5, 0.6) is 0 Å². The number of furan rings is 1. The Hall–Kier alpha value is -1.94. The number of anilines is 1. The Balaban J connectivity index is 2.13. The third kappa shape index (κ3) is 3.09. The first kappa shape index (κ1) is 13.5. The first-order valence-corrected chi connectivity index (χ1v) is 6.14. The fourth-order valence-corrected chi connectivity index (χ4v) is 1.89. The zero-order chi connectivity index (χ0) is 13.8. The van der Waals surface area contributed by atoms with E-state index >= 15 is 0 Å². The van der Waals surface area contributed by atoms with Crippen LogP contribution in [0, 0.1) is 6.92 Å². The maximum atomic E-state index is 11.5. The van der Waals surface area contributed by atoms with Crippen LogP contribution in [0.25, 0.3) is 0 Å². The molecule has 0 atom stereocenters. The molecule has 0 saturated carbocycles. The minimum atomic E-state index is -0.482. The van der Waals surface area contributed by atoms with Crippen LogP contribution in [-0.2, 0) is 11.3 Å². The molecule has 1 aromatic carbocycles. The minimum absolute atomic E-state index is 0.217. The molecule has 0 unspecified atom stereocenters. The van der Waals surface area contributed by atoms with Gasteiger partial charge in [0.25, 0.3) is 0 Å². The van der Waals surface area contributed by atoms with Crippen molar-refractivity contribution in [3.63, 3.8) is 0 Å². The van der Waals surface area contributed by atoms with Gasteiger partial charge in [-0.25, -0.2) is 4.79 Å². The van der Waals surface area contributed by atoms with E-state index in [1.54, 1.807) is 6.07 Å². The fraction of sp³-hybridized carbons (Fsp3) is 0.214. The summed E-state index contributed by atoms with van der Waals surface area (Å²) in [5.74, 6) is -0.265. The summed E-state index contributed by atoms with van der Waals surface area (Å²) in [5.41, 5.74) is 2.74. The van der Waals surface area contributed by atoms with Crippen molar-refractivity contribution in [2.45, 2.75) is 13.5 Å². The van der Waals surface area contributed by atoms with Crippen molar-refractivity contribution in [3.8, 4) is 0 Å². The zero-order valence-corrected chi connectivity index (χ0v) is 11.5. The number of hydrogen-bond acceptors (Lipinski definition) is 4. The molecular formula is C14H14ClNO3. The lowest BCUT2D eigenvalue weighted by atomic mass is 10.2. The highest BCUT2D eigenvalue weighted by atomic mass is 35.5. The third-order valence-electron chi connectivity index (χ3n) is 2.79. The molecule has 0 fully saturated rings. The van der Waals surface area contributed by atoms with E-state index in [0.29, 0.717) is 11.6 Å². The highest BCUT2D eigenvalue weighted by Crippen LogP contribution is 2.21. The lowest BCUT2D eigenvalue weighted by molar-refractivity contribution is 0.0563. The summed E-state index contributed by atoms with van der Waals surface area (Å²) in [7, 11) is 1.32. The molecule has 0 bridgehead atoms. The molecule has 0 radical (unpaired) electrons. The number of carbonyl (C=O) groups excluding carboxylic acids is 1. The van der Waals surface area contributed by atoms with Gasteiger partial charge in [-0.2, -0.15) is 0 Å². The summed E-state index contributed by atoms with van der Waals surface area (Å²) in [6.07, 6.45) is 1.47. The van der Waals surface area contributed by atoms with Crippen molar-refractivity contribution in [3.05, 3.63) is 52.4 Å². The molecule has 0 aliphatic carbocycles. The van der Waals surface area contributed by atoms with Crippen LogP contribution in [0.2, 0.25) is 5.02 Å². The van der Waals surface area contributed by atoms with Crippen molar-refractivity contribution in [2.75, 3.05) is 12.4 Å². The Morgan fingerprint density at radius 3 is 2.95 bits per heavy atom. The Kier molecular flexibility index (Phi) is 4.12. The lowest BCUT2D eigenvalue weighted by Gasteiger charge is -2.09. The summed E-state index contributed by atoms with van der Waals surface area (Å²) in [4.78, 5) is 11.5. The SMILES string of the molecule is COC(=O)c1occc1CNc1cc(Cl)ccc1C. The van der Waals surface area contributed by atoms with Crippen LogP contribution in [0.3, 0.4) is 0 Å². The molecule has 1 heterocycles. The molecule has 0 amide bonds. The van der Waals surface area contributed by atoms with Crippen molar-refractivity contribution in [1.82, 2.24) is 0 Å². The number of ether oxygens (including phenoxy) is 1. The van der Waals surface area contributed by atoms with Crippen LogP contribution >= 0.6 is 11.6 Å². The number of hydrogen-bond donors (Lipinski definition) is 1. The maximum Gasteiger partial charge on any atom is 0.374 e. The lowest BCUT2D eigenvalue weighted by Crippen LogP contribution is -2.07. The predicted octanol–water partition coefficient (Wildman–Crippen LogP) is 3.64. The van der Waals surface area contributed by atoms with Gasteiger partial charge in [-0.3, -0.25) is 0 Å². The molecule has 1 N–H and O–H groups in total. The van der Waals surface area contributed by atoms with Gasteiger partial charge in [0.1, 0.15) is 0 Å². The third-order valence-corrected chi connectivity index (χ3v) is 3.02. The van der Waals surface area contributed by atoms with Crippen LogP contribution < -0.4 is 5.32 Å². The molecular weight excluding hydrogens is 266 g/mol. The Morgan fingerprint density at radius 2 is 2.21 bits per heavy atom. The normalized spacial score (nSPS) is 10.3. The first-order chi connectivity index (χ1) is 9.11. The second-order valence-corrected chi connectivity index (χ2v) is 4.52. The summed E-state index contributed by atoms with van der Waals surface area (Å²) < 4.78 is 9.77. The summed E-state index contributed by atoms with van der Waals surface area (Å²) in [6, 6.07) is 7.34. The zero-order valence-electron chi connectivity index (χ0n) is 10.7. The molecule has 0 aliphatic rings. The van der Waals surface area contributed by atoms with Gasteiger partial charge in [-0.15, -0.1) is 0 Å². The van der Waals surface area contributed by atoms with E-state index < -0.39 is 5.97 Å². The number of carbonyl (C=O) groups is 1. The van der Waals surface area contributed by atoms with Crippen LogP contribution in [0.15, 0.2) is 34.9 Å². The van der Waals surface area contributed by atoms with E-state index in [9.17, 15) is 4.79 Å². The summed E-state index contributed by atoms with van der Waals surface area (Å²) in [5, 5.41) is 3.88. The molecule has 2 rings (SSSR count). The average Bonchev–Trinajstić information content (AvgIpc) is 2.87. The van der Waals surface area contributed by atoms with Gasteiger partial charge >= 0.3 is 5.97 Å². The topological polar surface area (TPSA) is 51.5 Å². The van der Waals surface area contributed by atoms with E-state index in [0.717, 1.165) is 16.8 Å². The van der Waals surface area contributed by atoms with Crippen LogP contribution in [-0.4, -0.2) is 13.1 Å². The number of aryl methyl sites for hydroxylation is 1. The largest absolute Gasteiger partial charge is 0.463 e. The van der Waals surface area contributed by atoms with Crippen LogP contribution in [0.1, 0.15) is 21.7 Å². The molecule has 0 aliphatic heterocycles. The van der Waals surface area contributed by atoms with E-state index in [4.69, 9.17) is 16.0 Å². The van der Waals surface area contributed by atoms with E-state index in [1.165, 1.54) is 13.4 Å². The van der Waals surface area contributed by atoms with Crippen LogP contribution in [0.4, 0.5) is 5.69 Å². The van der Waals surface area contributed by atoms with Crippen molar-refractivity contribution in [2.24, 2.45) is 0 Å². The standard InChI is InChI=1S/C14H14ClNO3/c1-9-3-4-11(15)7-12(9)16-8-10-5-6-19-13(10)14(17)18-2/h3-7,16H,8H2,1-2H3. The molecule has 4 nitrogen and oxygen atoms in total. The quantitative estimate of drug-likeness (QED) is 0.868. The molecule has 0 saturated heterocycles. The first-order valence-electron chi connectivity index (χ1n) is 5.76. The van der Waals surface area contributed by atoms with Crippen molar-refractivity contribution < 1.29 is 13.9 Å². The van der Waals surface area contributed by atoms with Gasteiger partial charge in [-0.1, -0.05) is 17.7 Å². The number of nitrogens with one attached hydrogen (secondary N) is 1. The Morgan fingerprint density at radius 1 is 1.42 bits per heavy atom. The highest BCUT2D eigenvalue weighted by Gasteiger charge is 2.15. The maximum absolute atomic E-state index is 11.5. The molecule has 100 valence electrons. The number of rotatable bonds is 4. The average molecular weight is 280 g/mol. The molecule has 19 heavy (non-hydrogen) atoms. The van der Waals surface area contributed by atoms with E-state index in [-0.39, 0.29) is 5.76 Å². The Labute approximate surface area is 116 Å². The van der Waals surface area contributed by atoms with Crippen molar-refractivity contribution >= 4 is 23.3 Å². The number of benzene rings is 1. The summed E-state index contributed by atoms with van der Waals surface area (Å²) >= 11 is 5.95. The number of esters is 1. The van der Waals surface area contributed by atoms with Gasteiger partial charge in [-0.05, 0) is 30.7 Å². The van der Waals surface area contributed by atoms with Gasteiger partial charge in [0.05, 0.1) is 13.4 Å². The fourth-order valence-electron chi connectivity index (χ4n) is 1.72. The van der Waals surface area contributed by atoms with Gasteiger partial charge < -0.3 is 14.5 Å². The highest BCUT2D eigenvalue weighted by molar-refractivity contribution is 6.30. The number of halogens is 1.